The molecule has 19 heavy (non-hydrogen) atoms. The Kier molecular flexibility index (Phi) is 2.91. The van der Waals surface area contributed by atoms with E-state index in [0.717, 1.165) is 31.7 Å². The van der Waals surface area contributed by atoms with Gasteiger partial charge in [-0.15, -0.1) is 0 Å². The van der Waals surface area contributed by atoms with Gasteiger partial charge in [0.25, 0.3) is 0 Å². The highest BCUT2D eigenvalue weighted by Gasteiger charge is 2.45. The Morgan fingerprint density at radius 3 is 2.42 bits per heavy atom. The van der Waals surface area contributed by atoms with Crippen LogP contribution in [0.1, 0.15) is 41.6 Å². The fourth-order valence-corrected chi connectivity index (χ4v) is 3.71. The summed E-state index contributed by atoms with van der Waals surface area (Å²) in [7, 11) is 0. The number of fused-ring (bicyclic) bond motifs is 2. The van der Waals surface area contributed by atoms with E-state index in [0.29, 0.717) is 11.8 Å². The average molecular weight is 268 g/mol. The quantitative estimate of drug-likeness (QED) is 0.730. The highest BCUT2D eigenvalue weighted by atomic mass is 19.4. The van der Waals surface area contributed by atoms with Crippen LogP contribution >= 0.6 is 0 Å². The van der Waals surface area contributed by atoms with Crippen molar-refractivity contribution < 1.29 is 18.0 Å². The zero-order chi connectivity index (χ0) is 13.6. The molecule has 2 bridgehead atoms. The summed E-state index contributed by atoms with van der Waals surface area (Å²) >= 11 is 0. The molecule has 0 radical (unpaired) electrons. The van der Waals surface area contributed by atoms with Gasteiger partial charge in [-0.1, -0.05) is 24.6 Å². The van der Waals surface area contributed by atoms with Crippen molar-refractivity contribution in [2.24, 2.45) is 17.8 Å². The third kappa shape index (κ3) is 2.17. The smallest absolute Gasteiger partial charge is 0.294 e. The molecule has 0 saturated heterocycles. The summed E-state index contributed by atoms with van der Waals surface area (Å²) in [6, 6.07) is 5.16. The molecule has 0 heterocycles. The Morgan fingerprint density at radius 1 is 1.11 bits per heavy atom. The minimum absolute atomic E-state index is 0.146. The molecule has 3 rings (SSSR count). The summed E-state index contributed by atoms with van der Waals surface area (Å²) in [6.07, 6.45) is -0.533. The summed E-state index contributed by atoms with van der Waals surface area (Å²) in [5.74, 6) is 0.359. The van der Waals surface area contributed by atoms with Gasteiger partial charge in [0.1, 0.15) is 0 Å². The predicted molar refractivity (Wildman–Crippen MR) is 64.7 cm³/mol. The molecule has 1 aromatic carbocycles. The van der Waals surface area contributed by atoms with E-state index in [1.807, 2.05) is 0 Å². The van der Waals surface area contributed by atoms with Gasteiger partial charge in [0.05, 0.1) is 5.56 Å². The number of benzene rings is 1. The third-order valence-electron chi connectivity index (χ3n) is 4.57. The molecule has 2 fully saturated rings. The lowest BCUT2D eigenvalue weighted by Crippen LogP contribution is -2.24. The molecule has 2 aliphatic rings. The number of ketones is 1. The van der Waals surface area contributed by atoms with E-state index in [2.05, 4.69) is 0 Å². The zero-order valence-electron chi connectivity index (χ0n) is 10.4. The van der Waals surface area contributed by atoms with Crippen molar-refractivity contribution in [2.45, 2.75) is 31.9 Å². The first-order chi connectivity index (χ1) is 8.97. The van der Waals surface area contributed by atoms with Crippen LogP contribution in [0, 0.1) is 17.8 Å². The normalized spacial score (nSPS) is 29.7. The van der Waals surface area contributed by atoms with E-state index in [9.17, 15) is 18.0 Å². The molecule has 0 aliphatic heterocycles. The first-order valence-electron chi connectivity index (χ1n) is 6.67. The van der Waals surface area contributed by atoms with Gasteiger partial charge in [0, 0.05) is 11.5 Å². The first kappa shape index (κ1) is 12.7. The van der Waals surface area contributed by atoms with Crippen molar-refractivity contribution in [3.8, 4) is 0 Å². The molecule has 1 nitrogen and oxygen atoms in total. The predicted octanol–water partition coefficient (Wildman–Crippen LogP) is 4.32. The summed E-state index contributed by atoms with van der Waals surface area (Å²) in [5.41, 5.74) is -0.935. The average Bonchev–Trinajstić information content (AvgIpc) is 2.99. The molecular weight excluding hydrogens is 253 g/mol. The van der Waals surface area contributed by atoms with Crippen LogP contribution in [0.5, 0.6) is 0 Å². The van der Waals surface area contributed by atoms with Crippen molar-refractivity contribution >= 4 is 5.78 Å². The van der Waals surface area contributed by atoms with Crippen LogP contribution in [0.15, 0.2) is 24.3 Å². The van der Waals surface area contributed by atoms with Crippen LogP contribution in [-0.4, -0.2) is 5.78 Å². The van der Waals surface area contributed by atoms with Gasteiger partial charge in [0.2, 0.25) is 0 Å². The Labute approximate surface area is 109 Å². The van der Waals surface area contributed by atoms with Gasteiger partial charge < -0.3 is 0 Å². The van der Waals surface area contributed by atoms with Crippen molar-refractivity contribution in [2.75, 3.05) is 0 Å². The maximum absolute atomic E-state index is 12.9. The van der Waals surface area contributed by atoms with Gasteiger partial charge in [-0.05, 0) is 37.2 Å². The second kappa shape index (κ2) is 4.36. The van der Waals surface area contributed by atoms with Gasteiger partial charge in [-0.3, -0.25) is 4.79 Å². The summed E-state index contributed by atoms with van der Waals surface area (Å²) in [6.45, 7) is 0. The zero-order valence-corrected chi connectivity index (χ0v) is 10.4. The molecule has 3 unspecified atom stereocenters. The SMILES string of the molecule is O=C(c1ccccc1C(F)(F)F)C1CC2CCC1C2. The molecule has 0 spiro atoms. The van der Waals surface area contributed by atoms with Crippen molar-refractivity contribution in [3.05, 3.63) is 35.4 Å². The lowest BCUT2D eigenvalue weighted by molar-refractivity contribution is -0.138. The Morgan fingerprint density at radius 2 is 1.84 bits per heavy atom. The number of carbonyl (C=O) groups excluding carboxylic acids is 1. The molecule has 2 aliphatic carbocycles. The highest BCUT2D eigenvalue weighted by Crippen LogP contribution is 2.49. The fourth-order valence-electron chi connectivity index (χ4n) is 3.71. The molecule has 0 N–H and O–H groups in total. The lowest BCUT2D eigenvalue weighted by Gasteiger charge is -2.22. The van der Waals surface area contributed by atoms with Crippen molar-refractivity contribution in [1.29, 1.82) is 0 Å². The summed E-state index contributed by atoms with van der Waals surface area (Å²) < 4.78 is 38.8. The second-order valence-electron chi connectivity index (χ2n) is 5.69. The van der Waals surface area contributed by atoms with Crippen LogP contribution < -0.4 is 0 Å². The van der Waals surface area contributed by atoms with E-state index in [1.54, 1.807) is 0 Å². The first-order valence-corrected chi connectivity index (χ1v) is 6.67. The fraction of sp³-hybridized carbons (Fsp3) is 0.533. The summed E-state index contributed by atoms with van der Waals surface area (Å²) in [4.78, 5) is 12.4. The number of hydrogen-bond donors (Lipinski definition) is 0. The largest absolute Gasteiger partial charge is 0.417 e. The second-order valence-corrected chi connectivity index (χ2v) is 5.69. The Balaban J connectivity index is 1.92. The Bertz CT molecular complexity index is 506. The molecule has 3 atom stereocenters. The minimum Gasteiger partial charge on any atom is -0.294 e. The number of carbonyl (C=O) groups is 1. The molecule has 4 heteroatoms. The maximum atomic E-state index is 12.9. The lowest BCUT2D eigenvalue weighted by atomic mass is 9.82. The molecule has 0 aromatic heterocycles. The van der Waals surface area contributed by atoms with Gasteiger partial charge in [-0.25, -0.2) is 0 Å². The molecule has 0 amide bonds. The van der Waals surface area contributed by atoms with Crippen LogP contribution in [-0.2, 0) is 6.18 Å². The van der Waals surface area contributed by atoms with Crippen molar-refractivity contribution in [3.63, 3.8) is 0 Å². The third-order valence-corrected chi connectivity index (χ3v) is 4.57. The Hall–Kier alpha value is -1.32. The van der Waals surface area contributed by atoms with E-state index in [1.165, 1.54) is 18.2 Å². The van der Waals surface area contributed by atoms with E-state index in [-0.39, 0.29) is 17.3 Å². The summed E-state index contributed by atoms with van der Waals surface area (Å²) in [5, 5.41) is 0. The number of Topliss-reactive ketones (excluding diaryl/α,β-unsaturated/α-hetero) is 1. The topological polar surface area (TPSA) is 17.1 Å². The number of halogens is 3. The monoisotopic (exact) mass is 268 g/mol. The van der Waals surface area contributed by atoms with Crippen LogP contribution in [0.25, 0.3) is 0 Å². The molecule has 102 valence electrons. The number of rotatable bonds is 2. The van der Waals surface area contributed by atoms with Gasteiger partial charge in [0.15, 0.2) is 5.78 Å². The van der Waals surface area contributed by atoms with Gasteiger partial charge in [-0.2, -0.15) is 13.2 Å². The molecule has 2 saturated carbocycles. The molecule has 1 aromatic rings. The van der Waals surface area contributed by atoms with Crippen molar-refractivity contribution in [1.82, 2.24) is 0 Å². The van der Waals surface area contributed by atoms with Crippen LogP contribution in [0.3, 0.4) is 0 Å². The van der Waals surface area contributed by atoms with Crippen LogP contribution in [0.4, 0.5) is 13.2 Å². The van der Waals surface area contributed by atoms with E-state index >= 15 is 0 Å². The number of hydrogen-bond acceptors (Lipinski definition) is 1. The highest BCUT2D eigenvalue weighted by molar-refractivity contribution is 5.99. The van der Waals surface area contributed by atoms with E-state index < -0.39 is 11.7 Å². The maximum Gasteiger partial charge on any atom is 0.417 e. The minimum atomic E-state index is -4.45. The van der Waals surface area contributed by atoms with E-state index in [4.69, 9.17) is 0 Å². The molecular formula is C15H15F3O. The standard InChI is InChI=1S/C15H15F3O/c16-15(17,18)13-4-2-1-3-11(13)14(19)12-8-9-5-6-10(12)7-9/h1-4,9-10,12H,5-8H2. The van der Waals surface area contributed by atoms with Crippen LogP contribution in [0.2, 0.25) is 0 Å². The van der Waals surface area contributed by atoms with Gasteiger partial charge >= 0.3 is 6.18 Å². The number of alkyl halides is 3.